The number of carbonyl (C=O) groups excluding carboxylic acids is 1. The molecule has 4 heterocycles. The average molecular weight is 443 g/mol. The zero-order valence-corrected chi connectivity index (χ0v) is 17.9. The van der Waals surface area contributed by atoms with Crippen LogP contribution in [0.2, 0.25) is 5.02 Å². The van der Waals surface area contributed by atoms with Crippen LogP contribution in [0.3, 0.4) is 0 Å². The summed E-state index contributed by atoms with van der Waals surface area (Å²) in [5, 5.41) is 2.86. The van der Waals surface area contributed by atoms with Gasteiger partial charge in [-0.15, -0.1) is 0 Å². The number of imidazole rings is 1. The molecule has 0 bridgehead atoms. The van der Waals surface area contributed by atoms with E-state index in [-0.39, 0.29) is 16.8 Å². The molecule has 162 valence electrons. The molecule has 0 radical (unpaired) electrons. The van der Waals surface area contributed by atoms with Crippen LogP contribution in [0.4, 0.5) is 15.9 Å². The van der Waals surface area contributed by atoms with Crippen LogP contribution in [0.15, 0.2) is 24.5 Å². The monoisotopic (exact) mass is 442 g/mol. The maximum Gasteiger partial charge on any atom is 0.229 e. The molecule has 0 unspecified atom stereocenters. The van der Waals surface area contributed by atoms with Gasteiger partial charge >= 0.3 is 0 Å². The summed E-state index contributed by atoms with van der Waals surface area (Å²) >= 11 is 5.84. The molecule has 1 amide bonds. The van der Waals surface area contributed by atoms with Crippen LogP contribution < -0.4 is 10.2 Å². The van der Waals surface area contributed by atoms with Crippen molar-refractivity contribution in [3.8, 4) is 0 Å². The van der Waals surface area contributed by atoms with E-state index in [0.717, 1.165) is 68.0 Å². The lowest BCUT2D eigenvalue weighted by Gasteiger charge is -2.32. The fraction of sp³-hybridized carbons (Fsp3) is 0.455. The molecule has 1 saturated heterocycles. The van der Waals surface area contributed by atoms with Gasteiger partial charge in [0.2, 0.25) is 5.91 Å². The fourth-order valence-corrected chi connectivity index (χ4v) is 4.74. The Balaban J connectivity index is 1.37. The largest absolute Gasteiger partial charge is 0.354 e. The highest BCUT2D eigenvalue weighted by Crippen LogP contribution is 2.30. The molecule has 1 aromatic carbocycles. The van der Waals surface area contributed by atoms with Crippen LogP contribution in [0.25, 0.3) is 11.2 Å². The van der Waals surface area contributed by atoms with Crippen molar-refractivity contribution in [1.29, 1.82) is 0 Å². The molecule has 1 N–H and O–H groups in total. The van der Waals surface area contributed by atoms with Crippen LogP contribution in [0, 0.1) is 11.7 Å². The molecular weight excluding hydrogens is 419 g/mol. The smallest absolute Gasteiger partial charge is 0.229 e. The second kappa shape index (κ2) is 8.42. The van der Waals surface area contributed by atoms with Crippen molar-refractivity contribution in [1.82, 2.24) is 19.5 Å². The number of rotatable bonds is 3. The van der Waals surface area contributed by atoms with Gasteiger partial charge in [0.25, 0.3) is 0 Å². The van der Waals surface area contributed by atoms with E-state index in [1.807, 2.05) is 0 Å². The predicted molar refractivity (Wildman–Crippen MR) is 118 cm³/mol. The number of carbonyl (C=O) groups is 1. The number of anilines is 2. The van der Waals surface area contributed by atoms with Gasteiger partial charge in [-0.2, -0.15) is 0 Å². The van der Waals surface area contributed by atoms with Gasteiger partial charge in [-0.05, 0) is 43.9 Å². The average Bonchev–Trinajstić information content (AvgIpc) is 2.97. The quantitative estimate of drug-likeness (QED) is 0.657. The molecule has 2 aliphatic rings. The number of piperidine rings is 1. The molecule has 0 aliphatic carbocycles. The SMILES string of the molecule is O=C(Nc1ccc(F)c(Cl)c1)[C@H]1CCCN(c2ncnc3c2nc2n3CCCCC2)C1. The number of aromatic nitrogens is 4. The number of hydrogen-bond acceptors (Lipinski definition) is 5. The van der Waals surface area contributed by atoms with E-state index in [1.165, 1.54) is 24.6 Å². The van der Waals surface area contributed by atoms with Gasteiger partial charge in [0, 0.05) is 31.7 Å². The Morgan fingerprint density at radius 2 is 2.06 bits per heavy atom. The topological polar surface area (TPSA) is 75.9 Å². The highest BCUT2D eigenvalue weighted by molar-refractivity contribution is 6.31. The van der Waals surface area contributed by atoms with Gasteiger partial charge < -0.3 is 14.8 Å². The summed E-state index contributed by atoms with van der Waals surface area (Å²) in [6.07, 6.45) is 7.71. The summed E-state index contributed by atoms with van der Waals surface area (Å²) in [7, 11) is 0. The lowest BCUT2D eigenvalue weighted by molar-refractivity contribution is -0.120. The number of nitrogens with one attached hydrogen (secondary N) is 1. The summed E-state index contributed by atoms with van der Waals surface area (Å²) in [5.41, 5.74) is 2.20. The van der Waals surface area contributed by atoms with Crippen molar-refractivity contribution >= 4 is 40.2 Å². The molecule has 1 fully saturated rings. The Bertz CT molecular complexity index is 1130. The van der Waals surface area contributed by atoms with E-state index in [9.17, 15) is 9.18 Å². The standard InChI is InChI=1S/C22H24ClFN6O/c23-16-11-15(7-8-17(16)24)27-22(31)14-5-4-9-29(12-14)20-19-21(26-13-25-20)30-10-3-1-2-6-18(30)28-19/h7-8,11,13-14H,1-6,9-10,12H2,(H,27,31)/t14-/m0/s1. The van der Waals surface area contributed by atoms with Crippen molar-refractivity contribution < 1.29 is 9.18 Å². The van der Waals surface area contributed by atoms with Crippen LogP contribution in [-0.4, -0.2) is 38.5 Å². The van der Waals surface area contributed by atoms with E-state index in [1.54, 1.807) is 6.33 Å². The first kappa shape index (κ1) is 20.2. The third kappa shape index (κ3) is 3.96. The highest BCUT2D eigenvalue weighted by atomic mass is 35.5. The van der Waals surface area contributed by atoms with Crippen molar-refractivity contribution in [2.75, 3.05) is 23.3 Å². The fourth-order valence-electron chi connectivity index (χ4n) is 4.56. The van der Waals surface area contributed by atoms with Gasteiger partial charge in [-0.25, -0.2) is 19.3 Å². The maximum atomic E-state index is 13.4. The van der Waals surface area contributed by atoms with E-state index in [2.05, 4.69) is 24.8 Å². The molecule has 5 rings (SSSR count). The van der Waals surface area contributed by atoms with Crippen molar-refractivity contribution in [2.45, 2.75) is 45.1 Å². The first-order valence-electron chi connectivity index (χ1n) is 10.8. The van der Waals surface area contributed by atoms with Gasteiger partial charge in [-0.3, -0.25) is 4.79 Å². The molecule has 31 heavy (non-hydrogen) atoms. The summed E-state index contributed by atoms with van der Waals surface area (Å²) in [4.78, 5) is 29.0. The number of aryl methyl sites for hydroxylation is 2. The Morgan fingerprint density at radius 3 is 2.94 bits per heavy atom. The number of hydrogen-bond donors (Lipinski definition) is 1. The molecule has 0 saturated carbocycles. The zero-order valence-electron chi connectivity index (χ0n) is 17.2. The van der Waals surface area contributed by atoms with Crippen LogP contribution in [-0.2, 0) is 17.8 Å². The molecular formula is C22H24ClFN6O. The summed E-state index contributed by atoms with van der Waals surface area (Å²) in [6.45, 7) is 2.31. The highest BCUT2D eigenvalue weighted by Gasteiger charge is 2.29. The minimum atomic E-state index is -0.505. The Hall–Kier alpha value is -2.74. The molecule has 2 aromatic heterocycles. The maximum absolute atomic E-state index is 13.4. The van der Waals surface area contributed by atoms with Gasteiger partial charge in [0.1, 0.15) is 18.0 Å². The van der Waals surface area contributed by atoms with Crippen molar-refractivity contribution in [3.05, 3.63) is 41.2 Å². The Kier molecular flexibility index (Phi) is 5.48. The first-order valence-corrected chi connectivity index (χ1v) is 11.2. The van der Waals surface area contributed by atoms with Crippen molar-refractivity contribution in [3.63, 3.8) is 0 Å². The minimum Gasteiger partial charge on any atom is -0.354 e. The molecule has 1 atom stereocenters. The number of benzene rings is 1. The van der Waals surface area contributed by atoms with E-state index in [0.29, 0.717) is 12.2 Å². The van der Waals surface area contributed by atoms with Crippen LogP contribution in [0.5, 0.6) is 0 Å². The number of halogens is 2. The first-order chi connectivity index (χ1) is 15.1. The van der Waals surface area contributed by atoms with Crippen molar-refractivity contribution in [2.24, 2.45) is 5.92 Å². The van der Waals surface area contributed by atoms with Crippen LogP contribution in [0.1, 0.15) is 37.9 Å². The molecule has 3 aromatic rings. The molecule has 9 heteroatoms. The lowest BCUT2D eigenvalue weighted by Crippen LogP contribution is -2.41. The summed E-state index contributed by atoms with van der Waals surface area (Å²) < 4.78 is 15.6. The predicted octanol–water partition coefficient (Wildman–Crippen LogP) is 4.20. The normalized spacial score (nSPS) is 19.2. The van der Waals surface area contributed by atoms with Gasteiger partial charge in [0.15, 0.2) is 17.0 Å². The van der Waals surface area contributed by atoms with Gasteiger partial charge in [-0.1, -0.05) is 18.0 Å². The zero-order chi connectivity index (χ0) is 21.4. The van der Waals surface area contributed by atoms with E-state index in [4.69, 9.17) is 16.6 Å². The second-order valence-electron chi connectivity index (χ2n) is 8.26. The number of nitrogens with zero attached hydrogens (tertiary/aromatic N) is 5. The van der Waals surface area contributed by atoms with E-state index < -0.39 is 5.82 Å². The molecule has 2 aliphatic heterocycles. The summed E-state index contributed by atoms with van der Waals surface area (Å²) in [5.74, 6) is 1.07. The minimum absolute atomic E-state index is 0.00834. The lowest BCUT2D eigenvalue weighted by atomic mass is 9.97. The van der Waals surface area contributed by atoms with Crippen LogP contribution >= 0.6 is 11.6 Å². The second-order valence-corrected chi connectivity index (χ2v) is 8.67. The number of amides is 1. The van der Waals surface area contributed by atoms with E-state index >= 15 is 0 Å². The third-order valence-electron chi connectivity index (χ3n) is 6.15. The Labute approximate surface area is 184 Å². The van der Waals surface area contributed by atoms with Gasteiger partial charge in [0.05, 0.1) is 10.9 Å². The number of fused-ring (bicyclic) bond motifs is 3. The molecule has 7 nitrogen and oxygen atoms in total. The third-order valence-corrected chi connectivity index (χ3v) is 6.44. The summed E-state index contributed by atoms with van der Waals surface area (Å²) in [6, 6.07) is 4.21. The molecule has 0 spiro atoms. The Morgan fingerprint density at radius 1 is 1.16 bits per heavy atom.